The molecule has 112 valence electrons. The van der Waals surface area contributed by atoms with Gasteiger partial charge in [0.2, 0.25) is 5.95 Å². The zero-order chi connectivity index (χ0) is 14.2. The molecule has 1 saturated carbocycles. The Hall–Kier alpha value is -1.39. The smallest absolute Gasteiger partial charge is 0.244 e. The highest BCUT2D eigenvalue weighted by molar-refractivity contribution is 5.37. The fourth-order valence-corrected chi connectivity index (χ4v) is 2.55. The zero-order valence-electron chi connectivity index (χ0n) is 12.7. The lowest BCUT2D eigenvalue weighted by molar-refractivity contribution is 0.605. The lowest BCUT2D eigenvalue weighted by Gasteiger charge is -2.16. The summed E-state index contributed by atoms with van der Waals surface area (Å²) in [5, 5.41) is 14.9. The van der Waals surface area contributed by atoms with Crippen LogP contribution in [0.25, 0.3) is 0 Å². The van der Waals surface area contributed by atoms with E-state index in [0.717, 1.165) is 18.8 Å². The minimum Gasteiger partial charge on any atom is -0.369 e. The molecule has 0 bridgehead atoms. The summed E-state index contributed by atoms with van der Waals surface area (Å²) in [5.41, 5.74) is 0. The molecule has 0 atom stereocenters. The Morgan fingerprint density at radius 1 is 1.20 bits per heavy atom. The van der Waals surface area contributed by atoms with Crippen LogP contribution >= 0.6 is 0 Å². The van der Waals surface area contributed by atoms with Crippen LogP contribution in [0.5, 0.6) is 0 Å². The van der Waals surface area contributed by atoms with E-state index in [9.17, 15) is 0 Å². The van der Waals surface area contributed by atoms with Crippen molar-refractivity contribution in [2.24, 2.45) is 5.92 Å². The first-order valence-corrected chi connectivity index (χ1v) is 7.94. The molecule has 1 aromatic rings. The molecule has 1 aromatic heterocycles. The number of nitrogens with zero attached hydrogens (tertiary/aromatic N) is 3. The van der Waals surface area contributed by atoms with E-state index in [1.165, 1.54) is 38.5 Å². The topological polar surface area (TPSA) is 62.7 Å². The number of nitrogens with one attached hydrogen (secondary N) is 2. The van der Waals surface area contributed by atoms with Gasteiger partial charge in [-0.1, -0.05) is 39.5 Å². The fraction of sp³-hybridized carbons (Fsp3) is 0.800. The summed E-state index contributed by atoms with van der Waals surface area (Å²) >= 11 is 0. The van der Waals surface area contributed by atoms with Crippen LogP contribution in [0.15, 0.2) is 6.20 Å². The summed E-state index contributed by atoms with van der Waals surface area (Å²) < 4.78 is 0. The maximum atomic E-state index is 4.50. The standard InChI is InChI=1S/C15H27N5/c1-12(2)9-10-16-14-11-17-20-15(19-14)18-13-7-5-3-4-6-8-13/h11-13H,3-10H2,1-2H3,(H2,16,18,19,20). The highest BCUT2D eigenvalue weighted by atomic mass is 15.3. The molecule has 0 spiro atoms. The van der Waals surface area contributed by atoms with Crippen LogP contribution in [-0.2, 0) is 0 Å². The van der Waals surface area contributed by atoms with E-state index in [1.54, 1.807) is 6.20 Å². The highest BCUT2D eigenvalue weighted by Gasteiger charge is 2.13. The van der Waals surface area contributed by atoms with Crippen LogP contribution < -0.4 is 10.6 Å². The molecule has 2 N–H and O–H groups in total. The van der Waals surface area contributed by atoms with E-state index < -0.39 is 0 Å². The largest absolute Gasteiger partial charge is 0.369 e. The highest BCUT2D eigenvalue weighted by Crippen LogP contribution is 2.19. The van der Waals surface area contributed by atoms with Crippen molar-refractivity contribution in [3.05, 3.63) is 6.20 Å². The van der Waals surface area contributed by atoms with Crippen molar-refractivity contribution in [2.45, 2.75) is 64.8 Å². The first-order chi connectivity index (χ1) is 9.74. The molecule has 0 saturated heterocycles. The van der Waals surface area contributed by atoms with Gasteiger partial charge in [-0.25, -0.2) is 0 Å². The summed E-state index contributed by atoms with van der Waals surface area (Å²) in [5.74, 6) is 2.17. The Bertz CT molecular complexity index is 386. The molecule has 0 unspecified atom stereocenters. The molecule has 1 aliphatic carbocycles. The van der Waals surface area contributed by atoms with E-state index >= 15 is 0 Å². The molecule has 2 rings (SSSR count). The van der Waals surface area contributed by atoms with Gasteiger partial charge in [0.15, 0.2) is 0 Å². The fourth-order valence-electron chi connectivity index (χ4n) is 2.55. The molecular formula is C15H27N5. The summed E-state index contributed by atoms with van der Waals surface area (Å²) in [6.45, 7) is 5.37. The second kappa shape index (κ2) is 8.02. The molecule has 1 heterocycles. The Balaban J connectivity index is 1.84. The van der Waals surface area contributed by atoms with Crippen LogP contribution in [0.3, 0.4) is 0 Å². The van der Waals surface area contributed by atoms with Gasteiger partial charge in [0.05, 0.1) is 6.20 Å². The Labute approximate surface area is 122 Å². The molecule has 20 heavy (non-hydrogen) atoms. The van der Waals surface area contributed by atoms with Gasteiger partial charge < -0.3 is 10.6 Å². The number of aromatic nitrogens is 3. The molecule has 0 aliphatic heterocycles. The van der Waals surface area contributed by atoms with Crippen molar-refractivity contribution in [3.8, 4) is 0 Å². The third-order valence-electron chi connectivity index (χ3n) is 3.78. The van der Waals surface area contributed by atoms with Gasteiger partial charge in [0, 0.05) is 12.6 Å². The lowest BCUT2D eigenvalue weighted by atomic mass is 10.1. The van der Waals surface area contributed by atoms with Crippen molar-refractivity contribution < 1.29 is 0 Å². The maximum Gasteiger partial charge on any atom is 0.244 e. The van der Waals surface area contributed by atoms with Crippen molar-refractivity contribution >= 4 is 11.8 Å². The van der Waals surface area contributed by atoms with Crippen molar-refractivity contribution in [3.63, 3.8) is 0 Å². The molecule has 0 radical (unpaired) electrons. The third kappa shape index (κ3) is 5.31. The first-order valence-electron chi connectivity index (χ1n) is 7.94. The van der Waals surface area contributed by atoms with Gasteiger partial charge in [-0.05, 0) is 25.2 Å². The molecule has 5 nitrogen and oxygen atoms in total. The Morgan fingerprint density at radius 3 is 2.65 bits per heavy atom. The lowest BCUT2D eigenvalue weighted by Crippen LogP contribution is -2.20. The van der Waals surface area contributed by atoms with Gasteiger partial charge in [0.1, 0.15) is 5.82 Å². The molecule has 5 heteroatoms. The first kappa shape index (κ1) is 15.0. The van der Waals surface area contributed by atoms with E-state index in [1.807, 2.05) is 0 Å². The van der Waals surface area contributed by atoms with Gasteiger partial charge in [-0.2, -0.15) is 10.1 Å². The Morgan fingerprint density at radius 2 is 1.95 bits per heavy atom. The van der Waals surface area contributed by atoms with Crippen LogP contribution in [0, 0.1) is 5.92 Å². The SMILES string of the molecule is CC(C)CCNc1cnnc(NC2CCCCCC2)n1. The van der Waals surface area contributed by atoms with Gasteiger partial charge in [-0.15, -0.1) is 5.10 Å². The Kier molecular flexibility index (Phi) is 6.02. The summed E-state index contributed by atoms with van der Waals surface area (Å²) in [4.78, 5) is 4.50. The average molecular weight is 277 g/mol. The second-order valence-electron chi connectivity index (χ2n) is 6.11. The zero-order valence-corrected chi connectivity index (χ0v) is 12.7. The van der Waals surface area contributed by atoms with Crippen molar-refractivity contribution in [2.75, 3.05) is 17.2 Å². The monoisotopic (exact) mass is 277 g/mol. The van der Waals surface area contributed by atoms with E-state index in [4.69, 9.17) is 0 Å². The van der Waals surface area contributed by atoms with E-state index in [0.29, 0.717) is 17.9 Å². The molecule has 0 aromatic carbocycles. The van der Waals surface area contributed by atoms with E-state index in [-0.39, 0.29) is 0 Å². The van der Waals surface area contributed by atoms with Crippen molar-refractivity contribution in [1.82, 2.24) is 15.2 Å². The van der Waals surface area contributed by atoms with Crippen LogP contribution in [0.2, 0.25) is 0 Å². The maximum absolute atomic E-state index is 4.50. The second-order valence-corrected chi connectivity index (χ2v) is 6.11. The predicted molar refractivity (Wildman–Crippen MR) is 82.9 cm³/mol. The molecule has 1 aliphatic rings. The van der Waals surface area contributed by atoms with Crippen LogP contribution in [-0.4, -0.2) is 27.8 Å². The number of hydrogen-bond acceptors (Lipinski definition) is 5. The third-order valence-corrected chi connectivity index (χ3v) is 3.78. The van der Waals surface area contributed by atoms with E-state index in [2.05, 4.69) is 39.7 Å². The number of hydrogen-bond donors (Lipinski definition) is 2. The predicted octanol–water partition coefficient (Wildman–Crippen LogP) is 3.46. The van der Waals surface area contributed by atoms with Gasteiger partial charge >= 0.3 is 0 Å². The average Bonchev–Trinajstić information content (AvgIpc) is 2.67. The van der Waals surface area contributed by atoms with Gasteiger partial charge in [-0.3, -0.25) is 0 Å². The number of anilines is 2. The summed E-state index contributed by atoms with van der Waals surface area (Å²) in [6, 6.07) is 0.505. The minimum absolute atomic E-state index is 0.505. The van der Waals surface area contributed by atoms with Crippen molar-refractivity contribution in [1.29, 1.82) is 0 Å². The van der Waals surface area contributed by atoms with Crippen LogP contribution in [0.1, 0.15) is 58.8 Å². The minimum atomic E-state index is 0.505. The molecule has 0 amide bonds. The quantitative estimate of drug-likeness (QED) is 0.780. The summed E-state index contributed by atoms with van der Waals surface area (Å²) in [6.07, 6.45) is 10.6. The molecule has 1 fully saturated rings. The van der Waals surface area contributed by atoms with Gasteiger partial charge in [0.25, 0.3) is 0 Å². The normalized spacial score (nSPS) is 16.9. The molecular weight excluding hydrogens is 250 g/mol. The summed E-state index contributed by atoms with van der Waals surface area (Å²) in [7, 11) is 0. The van der Waals surface area contributed by atoms with Crippen LogP contribution in [0.4, 0.5) is 11.8 Å². The number of rotatable bonds is 6.